The Morgan fingerprint density at radius 2 is 1.93 bits per heavy atom. The van der Waals surface area contributed by atoms with E-state index < -0.39 is 11.7 Å². The second kappa shape index (κ2) is 8.82. The molecular weight excluding hydrogens is 477 g/mol. The molecule has 3 rings (SSSR count). The Morgan fingerprint density at radius 1 is 1.21 bits per heavy atom. The molecule has 1 aliphatic rings. The molecule has 1 aromatic carbocycles. The van der Waals surface area contributed by atoms with Gasteiger partial charge in [0.15, 0.2) is 5.75 Å². The van der Waals surface area contributed by atoms with Crippen LogP contribution in [0.1, 0.15) is 11.1 Å². The minimum atomic E-state index is -0.919. The van der Waals surface area contributed by atoms with Gasteiger partial charge in [-0.25, -0.2) is 4.79 Å². The van der Waals surface area contributed by atoms with Gasteiger partial charge in [-0.1, -0.05) is 12.1 Å². The highest BCUT2D eigenvalue weighted by atomic mass is 127. The molecule has 0 spiro atoms. The van der Waals surface area contributed by atoms with Gasteiger partial charge in [0.2, 0.25) is 0 Å². The van der Waals surface area contributed by atoms with Gasteiger partial charge in [-0.2, -0.15) is 0 Å². The number of aromatic hydroxyl groups is 1. The summed E-state index contributed by atoms with van der Waals surface area (Å²) < 4.78 is 7.49. The van der Waals surface area contributed by atoms with Crippen LogP contribution in [0.15, 0.2) is 35.3 Å². The van der Waals surface area contributed by atoms with Crippen LogP contribution in [0.4, 0.5) is 4.79 Å². The summed E-state index contributed by atoms with van der Waals surface area (Å²) in [5.41, 5.74) is 1.04. The van der Waals surface area contributed by atoms with Gasteiger partial charge in [0.1, 0.15) is 5.75 Å². The standard InChI is InChI=1S/C19H22IN3O5/c1-28-14-4-2-3-13(9-14)10-23-12-16(20)15(17(24)18(23)25)11-21-5-7-22(8-6-21)19(26)27/h2-4,9,12,24H,5-8,10-11H2,1H3,(H,26,27). The van der Waals surface area contributed by atoms with Crippen molar-refractivity contribution in [3.05, 3.63) is 55.5 Å². The van der Waals surface area contributed by atoms with Crippen molar-refractivity contribution >= 4 is 28.7 Å². The van der Waals surface area contributed by atoms with E-state index in [0.717, 1.165) is 9.13 Å². The van der Waals surface area contributed by atoms with Crippen molar-refractivity contribution in [3.63, 3.8) is 0 Å². The second-order valence-electron chi connectivity index (χ2n) is 6.63. The van der Waals surface area contributed by atoms with Crippen LogP contribution in [0, 0.1) is 3.57 Å². The number of nitrogens with zero attached hydrogens (tertiary/aromatic N) is 3. The third kappa shape index (κ3) is 4.58. The number of hydrogen-bond acceptors (Lipinski definition) is 5. The van der Waals surface area contributed by atoms with Gasteiger partial charge >= 0.3 is 6.09 Å². The zero-order chi connectivity index (χ0) is 20.3. The van der Waals surface area contributed by atoms with E-state index in [1.165, 1.54) is 9.47 Å². The predicted molar refractivity (Wildman–Crippen MR) is 112 cm³/mol. The smallest absolute Gasteiger partial charge is 0.407 e. The van der Waals surface area contributed by atoms with E-state index in [-0.39, 0.29) is 5.75 Å². The fraction of sp³-hybridized carbons (Fsp3) is 0.368. The van der Waals surface area contributed by atoms with E-state index in [9.17, 15) is 14.7 Å². The number of piperazine rings is 1. The number of amides is 1. The first-order chi connectivity index (χ1) is 13.4. The topological polar surface area (TPSA) is 95.2 Å². The molecule has 2 aromatic rings. The van der Waals surface area contributed by atoms with Crippen molar-refractivity contribution in [1.29, 1.82) is 0 Å². The van der Waals surface area contributed by atoms with Gasteiger partial charge in [0.05, 0.1) is 13.7 Å². The SMILES string of the molecule is COc1cccc(Cn2cc(I)c(CN3CCN(C(=O)O)CC3)c(O)c2=O)c1. The van der Waals surface area contributed by atoms with Gasteiger partial charge in [-0.3, -0.25) is 9.69 Å². The van der Waals surface area contributed by atoms with E-state index in [1.807, 2.05) is 29.2 Å². The highest BCUT2D eigenvalue weighted by Crippen LogP contribution is 2.22. The number of carbonyl (C=O) groups is 1. The number of benzene rings is 1. The van der Waals surface area contributed by atoms with Crippen LogP contribution in [0.5, 0.6) is 11.5 Å². The highest BCUT2D eigenvalue weighted by Gasteiger charge is 2.23. The van der Waals surface area contributed by atoms with Crippen molar-refractivity contribution in [1.82, 2.24) is 14.4 Å². The molecule has 28 heavy (non-hydrogen) atoms. The summed E-state index contributed by atoms with van der Waals surface area (Å²) in [7, 11) is 1.59. The zero-order valence-electron chi connectivity index (χ0n) is 15.5. The summed E-state index contributed by atoms with van der Waals surface area (Å²) in [5, 5.41) is 19.6. The lowest BCUT2D eigenvalue weighted by Crippen LogP contribution is -2.48. The second-order valence-corrected chi connectivity index (χ2v) is 7.80. The van der Waals surface area contributed by atoms with Gasteiger partial charge in [-0.05, 0) is 40.3 Å². The van der Waals surface area contributed by atoms with Gasteiger partial charge in [0, 0.05) is 48.1 Å². The number of aromatic nitrogens is 1. The number of ether oxygens (including phenoxy) is 1. The predicted octanol–water partition coefficient (Wildman–Crippen LogP) is 2.01. The minimum Gasteiger partial charge on any atom is -0.503 e. The summed E-state index contributed by atoms with van der Waals surface area (Å²) in [6.07, 6.45) is 0.822. The van der Waals surface area contributed by atoms with Crippen LogP contribution < -0.4 is 10.3 Å². The molecule has 1 aliphatic heterocycles. The summed E-state index contributed by atoms with van der Waals surface area (Å²) in [4.78, 5) is 27.1. The Hall–Kier alpha value is -2.27. The summed E-state index contributed by atoms with van der Waals surface area (Å²) >= 11 is 2.12. The van der Waals surface area contributed by atoms with Crippen LogP contribution in [0.3, 0.4) is 0 Å². The monoisotopic (exact) mass is 499 g/mol. The Morgan fingerprint density at radius 3 is 2.57 bits per heavy atom. The lowest BCUT2D eigenvalue weighted by molar-refractivity contribution is 0.102. The molecule has 0 atom stereocenters. The molecule has 1 saturated heterocycles. The number of rotatable bonds is 5. The zero-order valence-corrected chi connectivity index (χ0v) is 17.6. The van der Waals surface area contributed by atoms with Crippen molar-refractivity contribution < 1.29 is 19.7 Å². The summed E-state index contributed by atoms with van der Waals surface area (Å²) in [6.45, 7) is 2.70. The van der Waals surface area contributed by atoms with Crippen molar-refractivity contribution in [3.8, 4) is 11.5 Å². The van der Waals surface area contributed by atoms with Crippen molar-refractivity contribution in [2.45, 2.75) is 13.1 Å². The van der Waals surface area contributed by atoms with E-state index in [1.54, 1.807) is 13.3 Å². The van der Waals surface area contributed by atoms with Crippen LogP contribution >= 0.6 is 22.6 Å². The van der Waals surface area contributed by atoms with E-state index in [4.69, 9.17) is 9.84 Å². The molecule has 0 aliphatic carbocycles. The molecule has 1 amide bonds. The highest BCUT2D eigenvalue weighted by molar-refractivity contribution is 14.1. The average Bonchev–Trinajstić information content (AvgIpc) is 2.69. The van der Waals surface area contributed by atoms with Gasteiger partial charge in [-0.15, -0.1) is 0 Å². The Labute approximate surface area is 176 Å². The van der Waals surface area contributed by atoms with Crippen LogP contribution in [0.2, 0.25) is 0 Å². The number of hydrogen-bond donors (Lipinski definition) is 2. The molecule has 8 nitrogen and oxygen atoms in total. The lowest BCUT2D eigenvalue weighted by atomic mass is 10.2. The number of carboxylic acid groups (broad SMARTS) is 1. The lowest BCUT2D eigenvalue weighted by Gasteiger charge is -2.33. The number of pyridine rings is 1. The Bertz CT molecular complexity index is 922. The fourth-order valence-electron chi connectivity index (χ4n) is 3.21. The quantitative estimate of drug-likeness (QED) is 0.612. The maximum Gasteiger partial charge on any atom is 0.407 e. The molecule has 1 aromatic heterocycles. The van der Waals surface area contributed by atoms with Crippen LogP contribution in [0.25, 0.3) is 0 Å². The molecule has 9 heteroatoms. The Kier molecular flexibility index (Phi) is 6.45. The minimum absolute atomic E-state index is 0.254. The first-order valence-electron chi connectivity index (χ1n) is 8.83. The summed E-state index contributed by atoms with van der Waals surface area (Å²) in [5.74, 6) is 0.456. The molecule has 0 unspecified atom stereocenters. The third-order valence-electron chi connectivity index (χ3n) is 4.82. The van der Waals surface area contributed by atoms with Gasteiger partial charge in [0.25, 0.3) is 5.56 Å². The van der Waals surface area contributed by atoms with E-state index >= 15 is 0 Å². The summed E-state index contributed by atoms with van der Waals surface area (Å²) in [6, 6.07) is 7.44. The first-order valence-corrected chi connectivity index (χ1v) is 9.91. The molecule has 0 saturated carbocycles. The molecule has 150 valence electrons. The largest absolute Gasteiger partial charge is 0.503 e. The normalized spacial score (nSPS) is 14.9. The van der Waals surface area contributed by atoms with Crippen molar-refractivity contribution in [2.75, 3.05) is 33.3 Å². The van der Waals surface area contributed by atoms with Crippen molar-refractivity contribution in [2.24, 2.45) is 0 Å². The van der Waals surface area contributed by atoms with E-state index in [2.05, 4.69) is 22.6 Å². The molecule has 2 N–H and O–H groups in total. The molecule has 0 radical (unpaired) electrons. The third-order valence-corrected chi connectivity index (χ3v) is 5.75. The molecule has 0 bridgehead atoms. The number of methoxy groups -OCH3 is 1. The fourth-order valence-corrected chi connectivity index (χ4v) is 3.97. The maximum atomic E-state index is 12.7. The van der Waals surface area contributed by atoms with E-state index in [0.29, 0.717) is 50.6 Å². The van der Waals surface area contributed by atoms with Crippen LogP contribution in [-0.2, 0) is 13.1 Å². The van der Waals surface area contributed by atoms with Gasteiger partial charge < -0.3 is 24.4 Å². The number of halogens is 1. The maximum absolute atomic E-state index is 12.7. The average molecular weight is 499 g/mol. The van der Waals surface area contributed by atoms with Crippen LogP contribution in [-0.4, -0.2) is 64.0 Å². The Balaban J connectivity index is 1.77. The molecular formula is C19H22IN3O5. The molecule has 1 fully saturated rings. The molecule has 2 heterocycles. The first kappa shape index (κ1) is 20.5.